The third kappa shape index (κ3) is 6.53. The molecule has 7 heteroatoms. The lowest BCUT2D eigenvalue weighted by molar-refractivity contribution is -0.140. The summed E-state index contributed by atoms with van der Waals surface area (Å²) in [5, 5.41) is 11.6. The fourth-order valence-electron chi connectivity index (χ4n) is 5.56. The van der Waals surface area contributed by atoms with E-state index in [9.17, 15) is 14.7 Å². The van der Waals surface area contributed by atoms with Gasteiger partial charge in [0.25, 0.3) is 11.7 Å². The van der Waals surface area contributed by atoms with Gasteiger partial charge in [0.05, 0.1) is 24.8 Å². The first-order chi connectivity index (χ1) is 20.0. The fourth-order valence-corrected chi connectivity index (χ4v) is 5.56. The zero-order valence-corrected chi connectivity index (χ0v) is 23.8. The third-order valence-corrected chi connectivity index (χ3v) is 7.92. The summed E-state index contributed by atoms with van der Waals surface area (Å²) in [6.07, 6.45) is 1.61. The number of carbonyl (C=O) groups excluding carboxylic acids is 2. The van der Waals surface area contributed by atoms with Crippen LogP contribution in [0.4, 0.5) is 0 Å². The molecule has 0 aromatic heterocycles. The molecule has 0 bridgehead atoms. The average Bonchev–Trinajstić information content (AvgIpc) is 3.26. The smallest absolute Gasteiger partial charge is 0.295 e. The molecule has 2 fully saturated rings. The number of hydrogen-bond donors (Lipinski definition) is 1. The Morgan fingerprint density at radius 2 is 1.68 bits per heavy atom. The number of hydrogen-bond acceptors (Lipinski definition) is 6. The van der Waals surface area contributed by atoms with E-state index in [4.69, 9.17) is 9.47 Å². The van der Waals surface area contributed by atoms with Crippen LogP contribution in [0.25, 0.3) is 5.76 Å². The van der Waals surface area contributed by atoms with Gasteiger partial charge in [-0.2, -0.15) is 0 Å². The molecule has 0 saturated carbocycles. The molecule has 3 aromatic rings. The molecule has 1 amide bonds. The largest absolute Gasteiger partial charge is 0.507 e. The van der Waals surface area contributed by atoms with Crippen molar-refractivity contribution in [1.29, 1.82) is 0 Å². The average molecular weight is 555 g/mol. The van der Waals surface area contributed by atoms with E-state index in [2.05, 4.69) is 11.8 Å². The number of aliphatic hydroxyl groups is 1. The minimum absolute atomic E-state index is 0.131. The van der Waals surface area contributed by atoms with Crippen molar-refractivity contribution < 1.29 is 24.2 Å². The Labute approximate surface area is 242 Å². The fraction of sp³-hybridized carbons (Fsp3) is 0.353. The Kier molecular flexibility index (Phi) is 9.17. The van der Waals surface area contributed by atoms with Gasteiger partial charge in [-0.3, -0.25) is 14.5 Å². The van der Waals surface area contributed by atoms with Crippen molar-refractivity contribution in [3.8, 4) is 5.75 Å². The van der Waals surface area contributed by atoms with Crippen molar-refractivity contribution in [2.75, 3.05) is 39.4 Å². The molecular formula is C34H38N2O5. The van der Waals surface area contributed by atoms with Crippen molar-refractivity contribution >= 4 is 17.4 Å². The third-order valence-electron chi connectivity index (χ3n) is 7.92. The zero-order valence-electron chi connectivity index (χ0n) is 23.8. The Morgan fingerprint density at radius 1 is 0.951 bits per heavy atom. The molecule has 5 rings (SSSR count). The monoisotopic (exact) mass is 554 g/mol. The van der Waals surface area contributed by atoms with Gasteiger partial charge in [-0.05, 0) is 60.2 Å². The summed E-state index contributed by atoms with van der Waals surface area (Å²) in [5.74, 6) is -0.713. The maximum atomic E-state index is 13.5. The van der Waals surface area contributed by atoms with E-state index >= 15 is 0 Å². The lowest BCUT2D eigenvalue weighted by Crippen LogP contribution is -2.38. The van der Waals surface area contributed by atoms with Crippen molar-refractivity contribution in [1.82, 2.24) is 9.80 Å². The number of morpholine rings is 1. The number of ketones is 1. The standard InChI is InChI=1S/C34H38N2O5/c1-3-25-10-12-27(13-11-25)31-30(33(38)34(39)36(31)17-7-16-35-18-20-40-21-19-35)32(37)29-15-14-28(22-24(29)2)41-23-26-8-5-4-6-9-26/h4-6,8-15,22,31,37H,3,7,16-21,23H2,1-2H3/t31-/m1/s1. The molecular weight excluding hydrogens is 516 g/mol. The van der Waals surface area contributed by atoms with Crippen LogP contribution in [0.3, 0.4) is 0 Å². The second-order valence-electron chi connectivity index (χ2n) is 10.6. The molecule has 0 spiro atoms. The number of likely N-dealkylation sites (tertiary alicyclic amines) is 1. The van der Waals surface area contributed by atoms with E-state index in [0.717, 1.165) is 49.2 Å². The van der Waals surface area contributed by atoms with Crippen molar-refractivity contribution in [2.24, 2.45) is 0 Å². The molecule has 2 aliphatic heterocycles. The first-order valence-corrected chi connectivity index (χ1v) is 14.4. The van der Waals surface area contributed by atoms with Gasteiger partial charge < -0.3 is 19.5 Å². The highest BCUT2D eigenvalue weighted by Crippen LogP contribution is 2.40. The van der Waals surface area contributed by atoms with E-state index in [0.29, 0.717) is 37.7 Å². The molecule has 41 heavy (non-hydrogen) atoms. The van der Waals surface area contributed by atoms with Crippen LogP contribution in [0.15, 0.2) is 78.4 Å². The molecule has 0 unspecified atom stereocenters. The Morgan fingerprint density at radius 3 is 2.37 bits per heavy atom. The number of Topliss-reactive ketones (excluding diaryl/α,β-unsaturated/α-hetero) is 1. The van der Waals surface area contributed by atoms with Gasteiger partial charge >= 0.3 is 0 Å². The second-order valence-corrected chi connectivity index (χ2v) is 10.6. The van der Waals surface area contributed by atoms with Crippen LogP contribution in [0.5, 0.6) is 5.75 Å². The number of carbonyl (C=O) groups is 2. The molecule has 0 aliphatic carbocycles. The summed E-state index contributed by atoms with van der Waals surface area (Å²) in [7, 11) is 0. The van der Waals surface area contributed by atoms with Crippen molar-refractivity contribution in [2.45, 2.75) is 39.3 Å². The van der Waals surface area contributed by atoms with E-state index in [1.165, 1.54) is 5.56 Å². The SMILES string of the molecule is CCc1ccc([C@@H]2C(=C(O)c3ccc(OCc4ccccc4)cc3C)C(=O)C(=O)N2CCCN2CCOCC2)cc1. The number of aryl methyl sites for hydroxylation is 2. The molecule has 3 aromatic carbocycles. The van der Waals surface area contributed by atoms with E-state index in [1.807, 2.05) is 67.6 Å². The summed E-state index contributed by atoms with van der Waals surface area (Å²) in [6.45, 7) is 8.77. The molecule has 2 heterocycles. The summed E-state index contributed by atoms with van der Waals surface area (Å²) in [4.78, 5) is 30.8. The highest BCUT2D eigenvalue weighted by Gasteiger charge is 2.46. The predicted octanol–water partition coefficient (Wildman–Crippen LogP) is 5.28. The maximum absolute atomic E-state index is 13.5. The topological polar surface area (TPSA) is 79.3 Å². The van der Waals surface area contributed by atoms with Crippen LogP contribution in [0.2, 0.25) is 0 Å². The van der Waals surface area contributed by atoms with Gasteiger partial charge in [-0.25, -0.2) is 0 Å². The van der Waals surface area contributed by atoms with Gasteiger partial charge in [-0.15, -0.1) is 0 Å². The van der Waals surface area contributed by atoms with Crippen molar-refractivity contribution in [3.05, 3.63) is 106 Å². The summed E-state index contributed by atoms with van der Waals surface area (Å²) in [6, 6.07) is 22.6. The lowest BCUT2D eigenvalue weighted by atomic mass is 9.93. The molecule has 2 aliphatic rings. The molecule has 1 N–H and O–H groups in total. The van der Waals surface area contributed by atoms with E-state index < -0.39 is 17.7 Å². The van der Waals surface area contributed by atoms with Gasteiger partial charge in [-0.1, -0.05) is 61.5 Å². The maximum Gasteiger partial charge on any atom is 0.295 e. The van der Waals surface area contributed by atoms with E-state index in [-0.39, 0.29) is 11.3 Å². The zero-order chi connectivity index (χ0) is 28.8. The van der Waals surface area contributed by atoms with Crippen LogP contribution in [-0.4, -0.2) is 66.0 Å². The number of nitrogens with zero attached hydrogens (tertiary/aromatic N) is 2. The molecule has 1 atom stereocenters. The van der Waals surface area contributed by atoms with Crippen LogP contribution in [-0.2, 0) is 27.4 Å². The lowest BCUT2D eigenvalue weighted by Gasteiger charge is -2.29. The second kappa shape index (κ2) is 13.1. The molecule has 0 radical (unpaired) electrons. The predicted molar refractivity (Wildman–Crippen MR) is 159 cm³/mol. The molecule has 7 nitrogen and oxygen atoms in total. The van der Waals surface area contributed by atoms with Gasteiger partial charge in [0.15, 0.2) is 0 Å². The highest BCUT2D eigenvalue weighted by atomic mass is 16.5. The normalized spacial score (nSPS) is 19.1. The first-order valence-electron chi connectivity index (χ1n) is 14.4. The highest BCUT2D eigenvalue weighted by molar-refractivity contribution is 6.46. The minimum Gasteiger partial charge on any atom is -0.507 e. The number of amides is 1. The van der Waals surface area contributed by atoms with Crippen LogP contribution < -0.4 is 4.74 Å². The number of rotatable bonds is 10. The van der Waals surface area contributed by atoms with E-state index in [1.54, 1.807) is 17.0 Å². The summed E-state index contributed by atoms with van der Waals surface area (Å²) < 4.78 is 11.4. The van der Waals surface area contributed by atoms with Crippen LogP contribution in [0.1, 0.15) is 47.2 Å². The van der Waals surface area contributed by atoms with Gasteiger partial charge in [0.2, 0.25) is 0 Å². The quantitative estimate of drug-likeness (QED) is 0.209. The summed E-state index contributed by atoms with van der Waals surface area (Å²) in [5.41, 5.74) is 4.44. The Hall–Kier alpha value is -3.94. The number of aliphatic hydroxyl groups excluding tert-OH is 1. The molecule has 214 valence electrons. The minimum atomic E-state index is -0.654. The van der Waals surface area contributed by atoms with Gasteiger partial charge in [0, 0.05) is 31.7 Å². The Bertz CT molecular complexity index is 1390. The Balaban J connectivity index is 1.43. The van der Waals surface area contributed by atoms with Crippen molar-refractivity contribution in [3.63, 3.8) is 0 Å². The molecule has 2 saturated heterocycles. The number of ether oxygens (including phenoxy) is 2. The number of benzene rings is 3. The van der Waals surface area contributed by atoms with Crippen LogP contribution in [0, 0.1) is 6.92 Å². The first kappa shape index (κ1) is 28.6. The summed E-state index contributed by atoms with van der Waals surface area (Å²) >= 11 is 0. The van der Waals surface area contributed by atoms with Gasteiger partial charge in [0.1, 0.15) is 18.1 Å². The van der Waals surface area contributed by atoms with Crippen LogP contribution >= 0.6 is 0 Å².